The van der Waals surface area contributed by atoms with E-state index in [2.05, 4.69) is 5.32 Å². The summed E-state index contributed by atoms with van der Waals surface area (Å²) in [5.41, 5.74) is 3.66. The molecule has 0 heterocycles. The van der Waals surface area contributed by atoms with Gasteiger partial charge in [-0.1, -0.05) is 6.07 Å². The number of phenols is 1. The first-order chi connectivity index (χ1) is 12.5. The topological polar surface area (TPSA) is 67.8 Å². The Morgan fingerprint density at radius 1 is 1.23 bits per heavy atom. The van der Waals surface area contributed by atoms with E-state index >= 15 is 0 Å². The fourth-order valence-corrected chi connectivity index (χ4v) is 4.05. The first-order valence-electron chi connectivity index (χ1n) is 8.42. The lowest BCUT2D eigenvalue weighted by atomic mass is 9.95. The minimum absolute atomic E-state index is 0.000787. The molecule has 0 amide bonds. The predicted octanol–water partition coefficient (Wildman–Crippen LogP) is 3.37. The van der Waals surface area contributed by atoms with Crippen LogP contribution in [0.2, 0.25) is 0 Å². The van der Waals surface area contributed by atoms with Crippen molar-refractivity contribution in [2.24, 2.45) is 0 Å². The molecule has 1 aliphatic carbocycles. The smallest absolute Gasteiger partial charge is 0.201 e. The van der Waals surface area contributed by atoms with Crippen molar-refractivity contribution in [1.29, 1.82) is 0 Å². The number of fused-ring (bicyclic) bond motifs is 3. The van der Waals surface area contributed by atoms with Crippen LogP contribution in [-0.2, 0) is 6.42 Å². The van der Waals surface area contributed by atoms with Gasteiger partial charge in [0.2, 0.25) is 5.75 Å². The van der Waals surface area contributed by atoms with E-state index in [1.807, 2.05) is 31.5 Å². The highest BCUT2D eigenvalue weighted by atomic mass is 32.2. The summed E-state index contributed by atoms with van der Waals surface area (Å²) in [6.07, 6.45) is 3.49. The molecule has 0 saturated carbocycles. The third-order valence-corrected chi connectivity index (χ3v) is 5.66. The van der Waals surface area contributed by atoms with Crippen LogP contribution in [0.5, 0.6) is 17.2 Å². The molecule has 2 aromatic rings. The lowest BCUT2D eigenvalue weighted by Gasteiger charge is -2.17. The van der Waals surface area contributed by atoms with Crippen LogP contribution >= 0.6 is 11.8 Å². The normalized spacial score (nSPS) is 15.6. The zero-order valence-corrected chi connectivity index (χ0v) is 16.2. The zero-order valence-electron chi connectivity index (χ0n) is 15.4. The van der Waals surface area contributed by atoms with Crippen LogP contribution in [0.4, 0.5) is 0 Å². The van der Waals surface area contributed by atoms with Crippen LogP contribution in [0.25, 0.3) is 11.1 Å². The Morgan fingerprint density at radius 3 is 2.62 bits per heavy atom. The average Bonchev–Trinajstić information content (AvgIpc) is 2.89. The van der Waals surface area contributed by atoms with Gasteiger partial charge in [0, 0.05) is 11.6 Å². The van der Waals surface area contributed by atoms with Gasteiger partial charge in [0.05, 0.1) is 19.1 Å². The van der Waals surface area contributed by atoms with Gasteiger partial charge in [-0.25, -0.2) is 0 Å². The van der Waals surface area contributed by atoms with Crippen molar-refractivity contribution >= 4 is 11.8 Å². The number of phenolic OH excluding ortho intramolecular Hbond substituents is 1. The number of thioether (sulfide) groups is 1. The van der Waals surface area contributed by atoms with Crippen LogP contribution in [0.15, 0.2) is 34.0 Å². The lowest BCUT2D eigenvalue weighted by Crippen LogP contribution is -2.17. The molecule has 26 heavy (non-hydrogen) atoms. The molecule has 0 fully saturated rings. The van der Waals surface area contributed by atoms with Gasteiger partial charge in [-0.05, 0) is 61.0 Å². The summed E-state index contributed by atoms with van der Waals surface area (Å²) in [6, 6.07) is 7.39. The van der Waals surface area contributed by atoms with E-state index in [9.17, 15) is 9.90 Å². The van der Waals surface area contributed by atoms with E-state index in [1.165, 1.54) is 26.0 Å². The van der Waals surface area contributed by atoms with Gasteiger partial charge in [0.1, 0.15) is 0 Å². The Labute approximate surface area is 157 Å². The zero-order chi connectivity index (χ0) is 18.8. The Balaban J connectivity index is 2.42. The van der Waals surface area contributed by atoms with Crippen molar-refractivity contribution in [2.75, 3.05) is 27.5 Å². The Morgan fingerprint density at radius 2 is 2.00 bits per heavy atom. The fraction of sp³-hybridized carbons (Fsp3) is 0.350. The number of hydrogen-bond donors (Lipinski definition) is 2. The van der Waals surface area contributed by atoms with Crippen molar-refractivity contribution in [3.8, 4) is 28.4 Å². The molecule has 0 aromatic heterocycles. The molecule has 6 heteroatoms. The Hall–Kier alpha value is -2.18. The summed E-state index contributed by atoms with van der Waals surface area (Å²) in [7, 11) is 4.95. The number of nitrogens with one attached hydrogen (secondary N) is 1. The van der Waals surface area contributed by atoms with Gasteiger partial charge >= 0.3 is 0 Å². The summed E-state index contributed by atoms with van der Waals surface area (Å²) in [5.74, 6) is 0.739. The molecule has 2 N–H and O–H groups in total. The molecule has 138 valence electrons. The summed E-state index contributed by atoms with van der Waals surface area (Å²) < 4.78 is 10.9. The second-order valence-electron chi connectivity index (χ2n) is 6.15. The number of benzene rings is 1. The standard InChI is InChI=1S/C20H23NO4S/c1-21-14-7-5-11-9-16(24-2)19(23)20(25-3)18(11)12-6-8-17(26-4)15(22)10-13(12)14/h6,8-10,14,21,23H,5,7H2,1-4H3/t14-/m0/s1. The molecule has 0 saturated heterocycles. The highest BCUT2D eigenvalue weighted by Crippen LogP contribution is 2.49. The molecule has 1 aliphatic rings. The number of aryl methyl sites for hydroxylation is 1. The van der Waals surface area contributed by atoms with E-state index in [4.69, 9.17) is 9.47 Å². The van der Waals surface area contributed by atoms with E-state index in [0.29, 0.717) is 16.4 Å². The van der Waals surface area contributed by atoms with Gasteiger partial charge in [0.25, 0.3) is 0 Å². The maximum atomic E-state index is 12.6. The van der Waals surface area contributed by atoms with Crippen molar-refractivity contribution < 1.29 is 14.6 Å². The average molecular weight is 373 g/mol. The van der Waals surface area contributed by atoms with E-state index in [1.54, 1.807) is 6.07 Å². The van der Waals surface area contributed by atoms with Gasteiger partial charge in [-0.3, -0.25) is 4.79 Å². The largest absolute Gasteiger partial charge is 0.502 e. The highest BCUT2D eigenvalue weighted by Gasteiger charge is 2.27. The maximum absolute atomic E-state index is 12.6. The second kappa shape index (κ2) is 7.60. The van der Waals surface area contributed by atoms with Crippen LogP contribution < -0.4 is 20.2 Å². The first-order valence-corrected chi connectivity index (χ1v) is 9.64. The summed E-state index contributed by atoms with van der Waals surface area (Å²) in [6.45, 7) is 0. The molecule has 2 aromatic carbocycles. The van der Waals surface area contributed by atoms with Gasteiger partial charge < -0.3 is 19.9 Å². The SMILES string of the molecule is CN[C@H]1CCc2cc(OC)c(O)c(OC)c2-c2ccc(SC)c(=O)cc21. The Kier molecular flexibility index (Phi) is 5.44. The molecule has 1 atom stereocenters. The van der Waals surface area contributed by atoms with Crippen molar-refractivity contribution in [3.05, 3.63) is 45.6 Å². The minimum atomic E-state index is -0.0263. The van der Waals surface area contributed by atoms with Crippen LogP contribution in [0, 0.1) is 0 Å². The third kappa shape index (κ3) is 3.04. The van der Waals surface area contributed by atoms with Crippen molar-refractivity contribution in [3.63, 3.8) is 0 Å². The van der Waals surface area contributed by atoms with E-state index < -0.39 is 0 Å². The summed E-state index contributed by atoms with van der Waals surface area (Å²) in [4.78, 5) is 13.3. The molecular formula is C20H23NO4S. The lowest BCUT2D eigenvalue weighted by molar-refractivity contribution is 0.340. The molecular weight excluding hydrogens is 350 g/mol. The molecule has 0 unspecified atom stereocenters. The van der Waals surface area contributed by atoms with Crippen LogP contribution in [0.1, 0.15) is 23.6 Å². The monoisotopic (exact) mass is 373 g/mol. The summed E-state index contributed by atoms with van der Waals surface area (Å²) in [5, 5.41) is 13.9. The quantitative estimate of drug-likeness (QED) is 0.801. The van der Waals surface area contributed by atoms with Crippen LogP contribution in [-0.4, -0.2) is 32.6 Å². The number of aromatic hydroxyl groups is 1. The number of methoxy groups -OCH3 is 2. The molecule has 0 spiro atoms. The summed E-state index contributed by atoms with van der Waals surface area (Å²) >= 11 is 1.43. The van der Waals surface area contributed by atoms with Gasteiger partial charge in [-0.15, -0.1) is 11.8 Å². The number of rotatable bonds is 4. The first kappa shape index (κ1) is 18.6. The second-order valence-corrected chi connectivity index (χ2v) is 7.00. The fourth-order valence-electron chi connectivity index (χ4n) is 3.59. The number of hydrogen-bond acceptors (Lipinski definition) is 6. The molecule has 0 aliphatic heterocycles. The molecule has 3 rings (SSSR count). The third-order valence-electron chi connectivity index (χ3n) is 4.88. The van der Waals surface area contributed by atoms with E-state index in [-0.39, 0.29) is 17.2 Å². The van der Waals surface area contributed by atoms with Gasteiger partial charge in [0.15, 0.2) is 16.9 Å². The molecule has 0 bridgehead atoms. The molecule has 0 radical (unpaired) electrons. The van der Waals surface area contributed by atoms with Crippen molar-refractivity contribution in [2.45, 2.75) is 23.8 Å². The minimum Gasteiger partial charge on any atom is -0.502 e. The van der Waals surface area contributed by atoms with Crippen molar-refractivity contribution in [1.82, 2.24) is 5.32 Å². The van der Waals surface area contributed by atoms with E-state index in [0.717, 1.165) is 35.1 Å². The maximum Gasteiger partial charge on any atom is 0.201 e. The highest BCUT2D eigenvalue weighted by molar-refractivity contribution is 7.98. The van der Waals surface area contributed by atoms with Gasteiger partial charge in [-0.2, -0.15) is 0 Å². The predicted molar refractivity (Wildman–Crippen MR) is 105 cm³/mol. The Bertz CT molecular complexity index is 898. The molecule has 5 nitrogen and oxygen atoms in total. The number of ether oxygens (including phenoxy) is 2. The van der Waals surface area contributed by atoms with Crippen LogP contribution in [0.3, 0.4) is 0 Å².